The van der Waals surface area contributed by atoms with E-state index >= 15 is 0 Å². The van der Waals surface area contributed by atoms with Gasteiger partial charge in [-0.2, -0.15) is 0 Å². The zero-order valence-electron chi connectivity index (χ0n) is 10.1. The summed E-state index contributed by atoms with van der Waals surface area (Å²) in [7, 11) is 0. The van der Waals surface area contributed by atoms with Crippen LogP contribution in [0.3, 0.4) is 0 Å². The summed E-state index contributed by atoms with van der Waals surface area (Å²) >= 11 is 0. The first kappa shape index (κ1) is 13.9. The Balaban J connectivity index is 2.70. The first-order valence-electron chi connectivity index (χ1n) is 5.65. The predicted molar refractivity (Wildman–Crippen MR) is 65.2 cm³/mol. The van der Waals surface area contributed by atoms with E-state index in [9.17, 15) is 14.4 Å². The van der Waals surface area contributed by atoms with Crippen molar-refractivity contribution in [1.29, 1.82) is 0 Å². The van der Waals surface area contributed by atoms with Gasteiger partial charge in [-0.15, -0.1) is 0 Å². The van der Waals surface area contributed by atoms with Crippen LogP contribution in [0.2, 0.25) is 0 Å². The third kappa shape index (κ3) is 4.01. The normalized spacial score (nSPS) is 11.6. The van der Waals surface area contributed by atoms with Gasteiger partial charge < -0.3 is 10.4 Å². The average molecular weight is 249 g/mol. The third-order valence-corrected chi connectivity index (χ3v) is 2.44. The van der Waals surface area contributed by atoms with Gasteiger partial charge >= 0.3 is 5.97 Å². The van der Waals surface area contributed by atoms with Crippen molar-refractivity contribution in [1.82, 2.24) is 5.32 Å². The van der Waals surface area contributed by atoms with Crippen LogP contribution < -0.4 is 5.32 Å². The number of carbonyl (C=O) groups excluding carboxylic acids is 2. The van der Waals surface area contributed by atoms with Gasteiger partial charge in [0.2, 0.25) is 5.91 Å². The number of nitrogens with one attached hydrogen (secondary N) is 1. The highest BCUT2D eigenvalue weighted by Gasteiger charge is 2.23. The fourth-order valence-electron chi connectivity index (χ4n) is 1.42. The molecule has 1 rings (SSSR count). The molecular weight excluding hydrogens is 234 g/mol. The van der Waals surface area contributed by atoms with Crippen LogP contribution in [0.15, 0.2) is 30.3 Å². The molecule has 0 aliphatic rings. The number of benzene rings is 1. The predicted octanol–water partition coefficient (Wildman–Crippen LogP) is 1.24. The largest absolute Gasteiger partial charge is 0.480 e. The molecule has 0 bridgehead atoms. The lowest BCUT2D eigenvalue weighted by atomic mass is 10.0. The fraction of sp³-hybridized carbons (Fsp3) is 0.308. The summed E-state index contributed by atoms with van der Waals surface area (Å²) in [6.45, 7) is 1.62. The molecule has 0 spiro atoms. The lowest BCUT2D eigenvalue weighted by molar-refractivity contribution is -0.141. The second-order valence-corrected chi connectivity index (χ2v) is 3.81. The molecule has 2 N–H and O–H groups in total. The van der Waals surface area contributed by atoms with Gasteiger partial charge in [-0.3, -0.25) is 9.59 Å². The van der Waals surface area contributed by atoms with E-state index in [1.807, 2.05) is 0 Å². The standard InChI is InChI=1S/C13H15NO4/c1-2-12(16)14-10(13(17)18)8-11(15)9-6-4-3-5-7-9/h3-7,10H,2,8H2,1H3,(H,14,16)(H,17,18)/t10-/m0/s1. The molecular formula is C13H15NO4. The number of rotatable bonds is 6. The molecule has 0 radical (unpaired) electrons. The minimum absolute atomic E-state index is 0.184. The van der Waals surface area contributed by atoms with E-state index < -0.39 is 12.0 Å². The highest BCUT2D eigenvalue weighted by atomic mass is 16.4. The first-order chi connectivity index (χ1) is 8.54. The average Bonchev–Trinajstić information content (AvgIpc) is 2.38. The number of carboxylic acid groups (broad SMARTS) is 1. The lowest BCUT2D eigenvalue weighted by Crippen LogP contribution is -2.41. The Morgan fingerprint density at radius 2 is 1.83 bits per heavy atom. The van der Waals surface area contributed by atoms with Gasteiger partial charge in [-0.25, -0.2) is 4.79 Å². The molecule has 0 fully saturated rings. The second kappa shape index (κ2) is 6.54. The zero-order chi connectivity index (χ0) is 13.5. The Morgan fingerprint density at radius 3 is 2.33 bits per heavy atom. The number of aliphatic carboxylic acids is 1. The van der Waals surface area contributed by atoms with Gasteiger partial charge in [-0.1, -0.05) is 37.3 Å². The van der Waals surface area contributed by atoms with Crippen molar-refractivity contribution in [3.05, 3.63) is 35.9 Å². The number of hydrogen-bond donors (Lipinski definition) is 2. The SMILES string of the molecule is CCC(=O)N[C@@H](CC(=O)c1ccccc1)C(=O)O. The minimum atomic E-state index is -1.21. The molecule has 18 heavy (non-hydrogen) atoms. The monoisotopic (exact) mass is 249 g/mol. The van der Waals surface area contributed by atoms with Crippen molar-refractivity contribution in [2.24, 2.45) is 0 Å². The summed E-state index contributed by atoms with van der Waals surface area (Å²) in [5.74, 6) is -1.90. The molecule has 0 aliphatic heterocycles. The molecule has 0 unspecified atom stereocenters. The van der Waals surface area contributed by atoms with Crippen molar-refractivity contribution >= 4 is 17.7 Å². The smallest absolute Gasteiger partial charge is 0.326 e. The van der Waals surface area contributed by atoms with Crippen LogP contribution in [0.5, 0.6) is 0 Å². The Morgan fingerprint density at radius 1 is 1.22 bits per heavy atom. The van der Waals surface area contributed by atoms with Gasteiger partial charge in [0.1, 0.15) is 6.04 Å². The van der Waals surface area contributed by atoms with Crippen LogP contribution in [0, 0.1) is 0 Å². The van der Waals surface area contributed by atoms with Crippen molar-refractivity contribution < 1.29 is 19.5 Å². The topological polar surface area (TPSA) is 83.5 Å². The fourth-order valence-corrected chi connectivity index (χ4v) is 1.42. The molecule has 5 heteroatoms. The number of amides is 1. The number of hydrogen-bond acceptors (Lipinski definition) is 3. The highest BCUT2D eigenvalue weighted by Crippen LogP contribution is 2.06. The molecule has 1 amide bonds. The summed E-state index contributed by atoms with van der Waals surface area (Å²) in [5.41, 5.74) is 0.439. The molecule has 0 saturated carbocycles. The van der Waals surface area contributed by atoms with Gasteiger partial charge in [0, 0.05) is 18.4 Å². The molecule has 0 saturated heterocycles. The Labute approximate surface area is 105 Å². The van der Waals surface area contributed by atoms with Crippen LogP contribution in [0.4, 0.5) is 0 Å². The first-order valence-corrected chi connectivity index (χ1v) is 5.65. The van der Waals surface area contributed by atoms with Crippen LogP contribution in [-0.2, 0) is 9.59 Å². The van der Waals surface area contributed by atoms with Crippen LogP contribution in [0.1, 0.15) is 30.1 Å². The van der Waals surface area contributed by atoms with Crippen LogP contribution >= 0.6 is 0 Å². The van der Waals surface area contributed by atoms with E-state index in [0.717, 1.165) is 0 Å². The Bertz CT molecular complexity index is 442. The maximum absolute atomic E-state index is 11.8. The van der Waals surface area contributed by atoms with Gasteiger partial charge in [0.05, 0.1) is 0 Å². The third-order valence-electron chi connectivity index (χ3n) is 2.44. The zero-order valence-corrected chi connectivity index (χ0v) is 10.1. The summed E-state index contributed by atoms with van der Waals surface area (Å²) < 4.78 is 0. The molecule has 0 aliphatic carbocycles. The van der Waals surface area contributed by atoms with E-state index in [1.165, 1.54) is 0 Å². The highest BCUT2D eigenvalue weighted by molar-refractivity contribution is 5.99. The van der Waals surface area contributed by atoms with Crippen molar-refractivity contribution in [2.75, 3.05) is 0 Å². The van der Waals surface area contributed by atoms with Gasteiger partial charge in [0.25, 0.3) is 0 Å². The van der Waals surface area contributed by atoms with Crippen LogP contribution in [-0.4, -0.2) is 28.8 Å². The van der Waals surface area contributed by atoms with E-state index in [4.69, 9.17) is 5.11 Å². The quantitative estimate of drug-likeness (QED) is 0.743. The van der Waals surface area contributed by atoms with Crippen LogP contribution in [0.25, 0.3) is 0 Å². The van der Waals surface area contributed by atoms with Crippen molar-refractivity contribution in [3.8, 4) is 0 Å². The molecule has 0 aromatic heterocycles. The molecule has 0 heterocycles. The summed E-state index contributed by atoms with van der Waals surface area (Å²) in [6, 6.07) is 7.22. The molecule has 5 nitrogen and oxygen atoms in total. The van der Waals surface area contributed by atoms with Gasteiger partial charge in [-0.05, 0) is 0 Å². The lowest BCUT2D eigenvalue weighted by Gasteiger charge is -2.13. The van der Waals surface area contributed by atoms with E-state index in [2.05, 4.69) is 5.32 Å². The van der Waals surface area contributed by atoms with Gasteiger partial charge in [0.15, 0.2) is 5.78 Å². The second-order valence-electron chi connectivity index (χ2n) is 3.81. The maximum atomic E-state index is 11.8. The summed E-state index contributed by atoms with van der Waals surface area (Å²) in [5, 5.41) is 11.3. The number of ketones is 1. The van der Waals surface area contributed by atoms with E-state index in [0.29, 0.717) is 5.56 Å². The Hall–Kier alpha value is -2.17. The minimum Gasteiger partial charge on any atom is -0.480 e. The number of carboxylic acids is 1. The van der Waals surface area contributed by atoms with Crippen molar-refractivity contribution in [3.63, 3.8) is 0 Å². The van der Waals surface area contributed by atoms with E-state index in [1.54, 1.807) is 37.3 Å². The molecule has 96 valence electrons. The molecule has 1 aromatic rings. The van der Waals surface area contributed by atoms with E-state index in [-0.39, 0.29) is 24.5 Å². The molecule has 1 aromatic carbocycles. The Kier molecular flexibility index (Phi) is 5.05. The number of Topliss-reactive ketones (excluding diaryl/α,β-unsaturated/α-hetero) is 1. The summed E-state index contributed by atoms with van der Waals surface area (Å²) in [6.07, 6.45) is -0.0611. The maximum Gasteiger partial charge on any atom is 0.326 e. The summed E-state index contributed by atoms with van der Waals surface area (Å²) in [4.78, 5) is 33.9. The number of carbonyl (C=O) groups is 3. The van der Waals surface area contributed by atoms with Crippen molar-refractivity contribution in [2.45, 2.75) is 25.8 Å². The molecule has 1 atom stereocenters.